The van der Waals surface area contributed by atoms with E-state index >= 15 is 0 Å². The number of hydrogen-bond donors (Lipinski definition) is 0. The summed E-state index contributed by atoms with van der Waals surface area (Å²) in [6.07, 6.45) is 5.13. The Morgan fingerprint density at radius 1 is 1.14 bits per heavy atom. The summed E-state index contributed by atoms with van der Waals surface area (Å²) in [5.74, 6) is 1.17. The molecule has 148 valence electrons. The molecule has 0 aliphatic heterocycles. The van der Waals surface area contributed by atoms with Crippen LogP contribution in [0.5, 0.6) is 0 Å². The number of hydrogen-bond acceptors (Lipinski definition) is 5. The van der Waals surface area contributed by atoms with Gasteiger partial charge in [-0.1, -0.05) is 43.1 Å². The largest absolute Gasteiger partial charge is 0.241 e. The highest BCUT2D eigenvalue weighted by molar-refractivity contribution is 7.98. The molecule has 0 unspecified atom stereocenters. The van der Waals surface area contributed by atoms with Gasteiger partial charge in [-0.3, -0.25) is 0 Å². The normalized spacial score (nSPS) is 13.7. The lowest BCUT2D eigenvalue weighted by Crippen LogP contribution is -2.00. The lowest BCUT2D eigenvalue weighted by molar-refractivity contribution is 0.805. The van der Waals surface area contributed by atoms with Crippen molar-refractivity contribution in [3.63, 3.8) is 0 Å². The SMILES string of the molecule is CC(C)c1nc2sc3c(SCc4ccc(Cl)cc4Cl)ncnc3c2c2c1CCC2. The molecule has 4 aromatic rings. The molecule has 0 amide bonds. The second kappa shape index (κ2) is 7.69. The van der Waals surface area contributed by atoms with E-state index in [4.69, 9.17) is 28.2 Å². The van der Waals surface area contributed by atoms with Crippen LogP contribution in [0.4, 0.5) is 0 Å². The van der Waals surface area contributed by atoms with Gasteiger partial charge in [0.05, 0.1) is 10.2 Å². The van der Waals surface area contributed by atoms with Crippen LogP contribution in [0.1, 0.15) is 48.6 Å². The van der Waals surface area contributed by atoms with Crippen molar-refractivity contribution in [1.82, 2.24) is 15.0 Å². The number of thiophene rings is 1. The Kier molecular flexibility index (Phi) is 5.19. The van der Waals surface area contributed by atoms with Gasteiger partial charge < -0.3 is 0 Å². The van der Waals surface area contributed by atoms with E-state index < -0.39 is 0 Å². The van der Waals surface area contributed by atoms with E-state index in [-0.39, 0.29) is 0 Å². The fourth-order valence-corrected chi connectivity index (χ4v) is 6.87. The molecule has 0 atom stereocenters. The minimum atomic E-state index is 0.434. The van der Waals surface area contributed by atoms with E-state index in [1.165, 1.54) is 28.6 Å². The molecule has 29 heavy (non-hydrogen) atoms. The first-order valence-corrected chi connectivity index (χ1v) is 12.2. The van der Waals surface area contributed by atoms with Gasteiger partial charge in [0.25, 0.3) is 0 Å². The molecule has 0 spiro atoms. The maximum atomic E-state index is 6.35. The lowest BCUT2D eigenvalue weighted by Gasteiger charge is -2.11. The number of aryl methyl sites for hydroxylation is 1. The second-order valence-electron chi connectivity index (χ2n) is 7.63. The fraction of sp³-hybridized carbons (Fsp3) is 0.318. The molecular formula is C22H19Cl2N3S2. The van der Waals surface area contributed by atoms with Crippen LogP contribution in [-0.2, 0) is 18.6 Å². The zero-order valence-electron chi connectivity index (χ0n) is 16.1. The number of benzene rings is 1. The molecule has 0 N–H and O–H groups in total. The zero-order valence-corrected chi connectivity index (χ0v) is 19.3. The molecular weight excluding hydrogens is 441 g/mol. The Morgan fingerprint density at radius 3 is 2.76 bits per heavy atom. The van der Waals surface area contributed by atoms with Crippen LogP contribution < -0.4 is 0 Å². The van der Waals surface area contributed by atoms with Gasteiger partial charge in [-0.15, -0.1) is 23.1 Å². The van der Waals surface area contributed by atoms with Crippen molar-refractivity contribution in [2.45, 2.75) is 49.8 Å². The molecule has 1 aliphatic rings. The molecule has 0 saturated carbocycles. The predicted molar refractivity (Wildman–Crippen MR) is 125 cm³/mol. The molecule has 5 rings (SSSR count). The van der Waals surface area contributed by atoms with Crippen LogP contribution in [0, 0.1) is 0 Å². The van der Waals surface area contributed by atoms with E-state index in [1.807, 2.05) is 12.1 Å². The van der Waals surface area contributed by atoms with Crippen LogP contribution in [-0.4, -0.2) is 15.0 Å². The Morgan fingerprint density at radius 2 is 1.97 bits per heavy atom. The first kappa shape index (κ1) is 19.6. The van der Waals surface area contributed by atoms with Crippen LogP contribution in [0.15, 0.2) is 29.6 Å². The van der Waals surface area contributed by atoms with Crippen molar-refractivity contribution in [2.24, 2.45) is 0 Å². The van der Waals surface area contributed by atoms with Crippen molar-refractivity contribution < 1.29 is 0 Å². The molecule has 0 radical (unpaired) electrons. The average molecular weight is 460 g/mol. The van der Waals surface area contributed by atoms with Crippen molar-refractivity contribution in [3.8, 4) is 0 Å². The highest BCUT2D eigenvalue weighted by Gasteiger charge is 2.25. The number of fused-ring (bicyclic) bond motifs is 5. The molecule has 1 aromatic carbocycles. The van der Waals surface area contributed by atoms with Gasteiger partial charge in [0, 0.05) is 26.9 Å². The zero-order chi connectivity index (χ0) is 20.1. The molecule has 3 nitrogen and oxygen atoms in total. The smallest absolute Gasteiger partial charge is 0.126 e. The number of aromatic nitrogens is 3. The fourth-order valence-electron chi connectivity index (χ4n) is 4.07. The van der Waals surface area contributed by atoms with Gasteiger partial charge in [0.15, 0.2) is 0 Å². The molecule has 7 heteroatoms. The van der Waals surface area contributed by atoms with Crippen molar-refractivity contribution in [1.29, 1.82) is 0 Å². The minimum Gasteiger partial charge on any atom is -0.241 e. The number of halogens is 2. The molecule has 0 bridgehead atoms. The summed E-state index contributed by atoms with van der Waals surface area (Å²) in [7, 11) is 0. The standard InChI is InChI=1S/C22H19Cl2N3S2/c1-11(2)18-15-5-3-4-14(15)17-19-20(29-21(17)27-18)22(26-10-25-19)28-9-12-6-7-13(23)8-16(12)24/h6-8,10-11H,3-5,9H2,1-2H3. The summed E-state index contributed by atoms with van der Waals surface area (Å²) in [5, 5.41) is 3.57. The molecule has 3 aromatic heterocycles. The third-order valence-electron chi connectivity index (χ3n) is 5.40. The summed E-state index contributed by atoms with van der Waals surface area (Å²) in [6.45, 7) is 4.47. The number of nitrogens with zero attached hydrogens (tertiary/aromatic N) is 3. The Labute approximate surface area is 187 Å². The van der Waals surface area contributed by atoms with Crippen LogP contribution >= 0.6 is 46.3 Å². The quantitative estimate of drug-likeness (QED) is 0.234. The molecule has 0 fully saturated rings. The number of pyridine rings is 1. The maximum absolute atomic E-state index is 6.35. The first-order chi connectivity index (χ1) is 14.0. The third-order valence-corrected chi connectivity index (χ3v) is 8.23. The van der Waals surface area contributed by atoms with E-state index in [0.717, 1.165) is 44.2 Å². The van der Waals surface area contributed by atoms with E-state index in [0.29, 0.717) is 16.0 Å². The van der Waals surface area contributed by atoms with Crippen LogP contribution in [0.3, 0.4) is 0 Å². The summed E-state index contributed by atoms with van der Waals surface area (Å²) in [5.41, 5.74) is 6.26. The Balaban J connectivity index is 1.61. The first-order valence-electron chi connectivity index (χ1n) is 9.68. The van der Waals surface area contributed by atoms with Crippen molar-refractivity contribution in [3.05, 3.63) is 57.0 Å². The van der Waals surface area contributed by atoms with Gasteiger partial charge in [0.1, 0.15) is 16.2 Å². The van der Waals surface area contributed by atoms with Gasteiger partial charge in [-0.25, -0.2) is 15.0 Å². The van der Waals surface area contributed by atoms with Crippen LogP contribution in [0.25, 0.3) is 20.4 Å². The Bertz CT molecular complexity index is 1250. The summed E-state index contributed by atoms with van der Waals surface area (Å²) in [6, 6.07) is 5.64. The number of thioether (sulfide) groups is 1. The van der Waals surface area contributed by atoms with E-state index in [1.54, 1.807) is 35.5 Å². The van der Waals surface area contributed by atoms with Crippen molar-refractivity contribution >= 4 is 66.7 Å². The van der Waals surface area contributed by atoms with E-state index in [9.17, 15) is 0 Å². The monoisotopic (exact) mass is 459 g/mol. The lowest BCUT2D eigenvalue weighted by atomic mass is 9.99. The average Bonchev–Trinajstić information content (AvgIpc) is 3.30. The topological polar surface area (TPSA) is 38.7 Å². The predicted octanol–water partition coefficient (Wildman–Crippen LogP) is 7.45. The highest BCUT2D eigenvalue weighted by Crippen LogP contribution is 2.43. The van der Waals surface area contributed by atoms with Crippen molar-refractivity contribution in [2.75, 3.05) is 0 Å². The molecule has 0 saturated heterocycles. The van der Waals surface area contributed by atoms with Gasteiger partial charge in [-0.2, -0.15) is 0 Å². The summed E-state index contributed by atoms with van der Waals surface area (Å²) >= 11 is 15.8. The second-order valence-corrected chi connectivity index (χ2v) is 10.4. The third kappa shape index (κ3) is 3.42. The maximum Gasteiger partial charge on any atom is 0.126 e. The summed E-state index contributed by atoms with van der Waals surface area (Å²) in [4.78, 5) is 15.4. The Hall–Kier alpha value is -1.40. The highest BCUT2D eigenvalue weighted by atomic mass is 35.5. The summed E-state index contributed by atoms with van der Waals surface area (Å²) < 4.78 is 1.13. The molecule has 1 aliphatic carbocycles. The molecule has 3 heterocycles. The number of rotatable bonds is 4. The van der Waals surface area contributed by atoms with Gasteiger partial charge in [0.2, 0.25) is 0 Å². The van der Waals surface area contributed by atoms with E-state index in [2.05, 4.69) is 23.8 Å². The minimum absolute atomic E-state index is 0.434. The van der Waals surface area contributed by atoms with Gasteiger partial charge in [-0.05, 0) is 54.0 Å². The van der Waals surface area contributed by atoms with Crippen LogP contribution in [0.2, 0.25) is 10.0 Å². The van der Waals surface area contributed by atoms with Gasteiger partial charge >= 0.3 is 0 Å².